The van der Waals surface area contributed by atoms with Gasteiger partial charge in [0.25, 0.3) is 0 Å². The van der Waals surface area contributed by atoms with Crippen molar-refractivity contribution >= 4 is 10.0 Å². The van der Waals surface area contributed by atoms with Gasteiger partial charge in [-0.3, -0.25) is 0 Å². The van der Waals surface area contributed by atoms with E-state index in [0.29, 0.717) is 12.5 Å². The van der Waals surface area contributed by atoms with E-state index < -0.39 is 26.6 Å². The van der Waals surface area contributed by atoms with Gasteiger partial charge < -0.3 is 5.32 Å². The van der Waals surface area contributed by atoms with E-state index >= 15 is 0 Å². The van der Waals surface area contributed by atoms with Gasteiger partial charge in [0.05, 0.1) is 0 Å². The molecule has 0 saturated heterocycles. The van der Waals surface area contributed by atoms with Gasteiger partial charge in [0.2, 0.25) is 10.0 Å². The molecule has 2 atom stereocenters. The van der Waals surface area contributed by atoms with Crippen LogP contribution in [0.1, 0.15) is 32.3 Å². The van der Waals surface area contributed by atoms with Crippen LogP contribution in [0.3, 0.4) is 0 Å². The zero-order valence-corrected chi connectivity index (χ0v) is 12.9. The molecule has 1 aliphatic rings. The van der Waals surface area contributed by atoms with Crippen molar-refractivity contribution in [3.05, 3.63) is 29.3 Å². The average Bonchev–Trinajstić information content (AvgIpc) is 3.15. The summed E-state index contributed by atoms with van der Waals surface area (Å²) >= 11 is 0. The zero-order valence-electron chi connectivity index (χ0n) is 12.1. The SMILES string of the molecule is CCNCc1c(F)ccc(S(=O)(=O)NC2CC2CC)c1F. The number of halogens is 2. The van der Waals surface area contributed by atoms with E-state index in [-0.39, 0.29) is 18.2 Å². The normalized spacial score (nSPS) is 21.5. The molecule has 1 fully saturated rings. The van der Waals surface area contributed by atoms with Gasteiger partial charge in [-0.25, -0.2) is 21.9 Å². The molecule has 2 N–H and O–H groups in total. The highest BCUT2D eigenvalue weighted by atomic mass is 32.2. The van der Waals surface area contributed by atoms with Crippen LogP contribution in [0, 0.1) is 17.6 Å². The summed E-state index contributed by atoms with van der Waals surface area (Å²) in [4.78, 5) is -0.487. The molecule has 1 aliphatic carbocycles. The lowest BCUT2D eigenvalue weighted by Gasteiger charge is -2.11. The Morgan fingerprint density at radius 2 is 2.00 bits per heavy atom. The molecule has 4 nitrogen and oxygen atoms in total. The summed E-state index contributed by atoms with van der Waals surface area (Å²) in [6, 6.07) is 1.84. The molecule has 21 heavy (non-hydrogen) atoms. The number of hydrogen-bond donors (Lipinski definition) is 2. The summed E-state index contributed by atoms with van der Waals surface area (Å²) < 4.78 is 54.8. The summed E-state index contributed by atoms with van der Waals surface area (Å²) in [7, 11) is -3.95. The van der Waals surface area contributed by atoms with E-state index in [9.17, 15) is 17.2 Å². The fourth-order valence-corrected chi connectivity index (χ4v) is 3.72. The van der Waals surface area contributed by atoms with Crippen LogP contribution < -0.4 is 10.0 Å². The van der Waals surface area contributed by atoms with Gasteiger partial charge in [0, 0.05) is 18.2 Å². The average molecular weight is 318 g/mol. The van der Waals surface area contributed by atoms with Gasteiger partial charge in [0.15, 0.2) is 5.82 Å². The molecule has 7 heteroatoms. The third-order valence-electron chi connectivity index (χ3n) is 3.75. The van der Waals surface area contributed by atoms with E-state index in [4.69, 9.17) is 0 Å². The Hall–Kier alpha value is -1.05. The second kappa shape index (κ2) is 6.37. The lowest BCUT2D eigenvalue weighted by molar-refractivity contribution is 0.513. The van der Waals surface area contributed by atoms with Crippen molar-refractivity contribution in [2.45, 2.75) is 44.2 Å². The third-order valence-corrected chi connectivity index (χ3v) is 5.25. The molecule has 0 radical (unpaired) electrons. The van der Waals surface area contributed by atoms with Crippen molar-refractivity contribution in [2.75, 3.05) is 6.54 Å². The second-order valence-electron chi connectivity index (χ2n) is 5.25. The molecule has 1 saturated carbocycles. The quantitative estimate of drug-likeness (QED) is 0.810. The topological polar surface area (TPSA) is 58.2 Å². The van der Waals surface area contributed by atoms with Crippen molar-refractivity contribution in [3.8, 4) is 0 Å². The minimum atomic E-state index is -3.95. The molecule has 1 aromatic rings. The molecule has 2 rings (SSSR count). The van der Waals surface area contributed by atoms with Gasteiger partial charge >= 0.3 is 0 Å². The van der Waals surface area contributed by atoms with Crippen LogP contribution >= 0.6 is 0 Å². The Bertz CT molecular complexity index is 620. The smallest absolute Gasteiger partial charge is 0.243 e. The maximum atomic E-state index is 14.3. The molecule has 1 aromatic carbocycles. The van der Waals surface area contributed by atoms with Crippen LogP contribution in [0.25, 0.3) is 0 Å². The fraction of sp³-hybridized carbons (Fsp3) is 0.571. The van der Waals surface area contributed by atoms with Crippen LogP contribution in [0.2, 0.25) is 0 Å². The highest BCUT2D eigenvalue weighted by molar-refractivity contribution is 7.89. The first-order valence-corrected chi connectivity index (χ1v) is 8.59. The summed E-state index contributed by atoms with van der Waals surface area (Å²) in [5, 5.41) is 2.80. The standard InChI is InChI=1S/C14H20F2N2O2S/c1-3-9-7-12(9)18-21(19,20)13-6-5-11(15)10(14(13)16)8-17-4-2/h5-6,9,12,17-18H,3-4,7-8H2,1-2H3. The van der Waals surface area contributed by atoms with Crippen molar-refractivity contribution < 1.29 is 17.2 Å². The number of sulfonamides is 1. The van der Waals surface area contributed by atoms with E-state index in [2.05, 4.69) is 10.0 Å². The maximum Gasteiger partial charge on any atom is 0.243 e. The van der Waals surface area contributed by atoms with E-state index in [1.165, 1.54) is 0 Å². The maximum absolute atomic E-state index is 14.3. The minimum Gasteiger partial charge on any atom is -0.313 e. The first kappa shape index (κ1) is 16.3. The molecule has 0 amide bonds. The van der Waals surface area contributed by atoms with Crippen LogP contribution in [-0.4, -0.2) is 21.0 Å². The minimum absolute atomic E-state index is 0.0431. The number of hydrogen-bond acceptors (Lipinski definition) is 3. The monoisotopic (exact) mass is 318 g/mol. The van der Waals surface area contributed by atoms with Crippen LogP contribution in [0.5, 0.6) is 0 Å². The van der Waals surface area contributed by atoms with E-state index in [1.54, 1.807) is 6.92 Å². The molecule has 0 bridgehead atoms. The second-order valence-corrected chi connectivity index (χ2v) is 6.93. The zero-order chi connectivity index (χ0) is 15.6. The fourth-order valence-electron chi connectivity index (χ4n) is 2.30. The van der Waals surface area contributed by atoms with Gasteiger partial charge in [-0.05, 0) is 31.0 Å². The number of rotatable bonds is 7. The molecule has 118 valence electrons. The molecule has 0 spiro atoms. The summed E-state index contributed by atoms with van der Waals surface area (Å²) in [5.74, 6) is -1.45. The Labute approximate surface area is 124 Å². The predicted octanol–water partition coefficient (Wildman–Crippen LogP) is 2.15. The first-order valence-electron chi connectivity index (χ1n) is 7.10. The van der Waals surface area contributed by atoms with Crippen molar-refractivity contribution in [3.63, 3.8) is 0 Å². The van der Waals surface area contributed by atoms with Crippen molar-refractivity contribution in [1.29, 1.82) is 0 Å². The largest absolute Gasteiger partial charge is 0.313 e. The predicted molar refractivity (Wildman–Crippen MR) is 76.2 cm³/mol. The number of benzene rings is 1. The Morgan fingerprint density at radius 1 is 1.29 bits per heavy atom. The van der Waals surface area contributed by atoms with Crippen LogP contribution in [0.4, 0.5) is 8.78 Å². The Morgan fingerprint density at radius 3 is 2.57 bits per heavy atom. The van der Waals surface area contributed by atoms with Crippen molar-refractivity contribution in [2.24, 2.45) is 5.92 Å². The molecule has 0 aromatic heterocycles. The van der Waals surface area contributed by atoms with E-state index in [1.807, 2.05) is 6.92 Å². The summed E-state index contributed by atoms with van der Waals surface area (Å²) in [6.45, 7) is 4.27. The molecular formula is C14H20F2N2O2S. The summed E-state index contributed by atoms with van der Waals surface area (Å²) in [5.41, 5.74) is -0.248. The van der Waals surface area contributed by atoms with Gasteiger partial charge in [-0.1, -0.05) is 20.3 Å². The third kappa shape index (κ3) is 3.59. The molecule has 0 aliphatic heterocycles. The highest BCUT2D eigenvalue weighted by Crippen LogP contribution is 2.34. The lowest BCUT2D eigenvalue weighted by Crippen LogP contribution is -2.28. The Kier molecular flexibility index (Phi) is 4.95. The molecule has 2 unspecified atom stereocenters. The molecular weight excluding hydrogens is 298 g/mol. The lowest BCUT2D eigenvalue weighted by atomic mass is 10.2. The van der Waals surface area contributed by atoms with Crippen molar-refractivity contribution in [1.82, 2.24) is 10.0 Å². The van der Waals surface area contributed by atoms with Gasteiger partial charge in [-0.15, -0.1) is 0 Å². The van der Waals surface area contributed by atoms with Crippen LogP contribution in [-0.2, 0) is 16.6 Å². The summed E-state index contributed by atoms with van der Waals surface area (Å²) in [6.07, 6.45) is 1.65. The van der Waals surface area contributed by atoms with Crippen LogP contribution in [0.15, 0.2) is 17.0 Å². The first-order chi connectivity index (χ1) is 9.90. The molecule has 0 heterocycles. The van der Waals surface area contributed by atoms with E-state index in [0.717, 1.165) is 25.0 Å². The highest BCUT2D eigenvalue weighted by Gasteiger charge is 2.39. The van der Waals surface area contributed by atoms with Gasteiger partial charge in [-0.2, -0.15) is 0 Å². The Balaban J connectivity index is 2.26. The van der Waals surface area contributed by atoms with Gasteiger partial charge in [0.1, 0.15) is 10.7 Å². The number of nitrogens with one attached hydrogen (secondary N) is 2.